The van der Waals surface area contributed by atoms with Crippen molar-refractivity contribution in [2.45, 2.75) is 13.0 Å². The molecule has 3 nitrogen and oxygen atoms in total. The van der Waals surface area contributed by atoms with Crippen molar-refractivity contribution in [3.63, 3.8) is 0 Å². The molecule has 0 radical (unpaired) electrons. The molecule has 0 amide bonds. The number of aromatic nitrogens is 1. The second-order valence-electron chi connectivity index (χ2n) is 3.90. The molecule has 1 aromatic heterocycles. The zero-order valence-electron chi connectivity index (χ0n) is 9.73. The second-order valence-corrected chi connectivity index (χ2v) is 4.30. The molecule has 2 N–H and O–H groups in total. The number of pyridine rings is 1. The number of nitrogens with zero attached hydrogens (tertiary/aromatic N) is 1. The first kappa shape index (κ1) is 12.8. The van der Waals surface area contributed by atoms with Gasteiger partial charge in [0.2, 0.25) is 5.88 Å². The highest BCUT2D eigenvalue weighted by atomic mass is 35.5. The summed E-state index contributed by atoms with van der Waals surface area (Å²) < 4.78 is 18.6. The molecule has 94 valence electrons. The molecule has 0 aliphatic rings. The summed E-state index contributed by atoms with van der Waals surface area (Å²) >= 11 is 5.58. The van der Waals surface area contributed by atoms with Gasteiger partial charge in [0.05, 0.1) is 5.02 Å². The van der Waals surface area contributed by atoms with Gasteiger partial charge in [0.15, 0.2) is 0 Å². The minimum Gasteiger partial charge on any atom is -0.439 e. The third-order valence-electron chi connectivity index (χ3n) is 2.40. The van der Waals surface area contributed by atoms with E-state index in [1.807, 2.05) is 13.0 Å². The second kappa shape index (κ2) is 5.33. The van der Waals surface area contributed by atoms with Crippen LogP contribution in [0.1, 0.15) is 18.5 Å². The number of hydrogen-bond acceptors (Lipinski definition) is 3. The van der Waals surface area contributed by atoms with Crippen LogP contribution in [0.5, 0.6) is 11.6 Å². The molecule has 1 aromatic carbocycles. The van der Waals surface area contributed by atoms with Crippen LogP contribution in [0.15, 0.2) is 36.5 Å². The van der Waals surface area contributed by atoms with Gasteiger partial charge >= 0.3 is 0 Å². The van der Waals surface area contributed by atoms with Crippen LogP contribution in [0.2, 0.25) is 5.02 Å². The van der Waals surface area contributed by atoms with Crippen LogP contribution in [-0.2, 0) is 0 Å². The standard InChI is InChI=1S/C13H12ClFN2O/c1-8(16)9-2-5-13(17-7-9)18-10-3-4-11(14)12(15)6-10/h2-8H,16H2,1H3/t8-/m1/s1. The van der Waals surface area contributed by atoms with Gasteiger partial charge in [0.25, 0.3) is 0 Å². The van der Waals surface area contributed by atoms with Crippen LogP contribution in [-0.4, -0.2) is 4.98 Å². The first-order chi connectivity index (χ1) is 8.56. The lowest BCUT2D eigenvalue weighted by atomic mass is 10.2. The van der Waals surface area contributed by atoms with Crippen molar-refractivity contribution in [1.82, 2.24) is 4.98 Å². The lowest BCUT2D eigenvalue weighted by molar-refractivity contribution is 0.457. The monoisotopic (exact) mass is 266 g/mol. The number of ether oxygens (including phenoxy) is 1. The van der Waals surface area contributed by atoms with E-state index >= 15 is 0 Å². The number of hydrogen-bond donors (Lipinski definition) is 1. The van der Waals surface area contributed by atoms with Crippen LogP contribution in [0.25, 0.3) is 0 Å². The predicted molar refractivity (Wildman–Crippen MR) is 68.3 cm³/mol. The fraction of sp³-hybridized carbons (Fsp3) is 0.154. The van der Waals surface area contributed by atoms with Gasteiger partial charge in [-0.2, -0.15) is 0 Å². The van der Waals surface area contributed by atoms with E-state index in [1.165, 1.54) is 12.1 Å². The van der Waals surface area contributed by atoms with E-state index in [2.05, 4.69) is 4.98 Å². The molecular formula is C13H12ClFN2O. The predicted octanol–water partition coefficient (Wildman–Crippen LogP) is 3.69. The molecule has 2 rings (SSSR count). The maximum atomic E-state index is 13.2. The summed E-state index contributed by atoms with van der Waals surface area (Å²) in [5.74, 6) is 0.195. The van der Waals surface area contributed by atoms with Crippen LogP contribution in [0, 0.1) is 5.82 Å². The maximum absolute atomic E-state index is 13.2. The minimum absolute atomic E-state index is 0.0580. The Hall–Kier alpha value is -1.65. The summed E-state index contributed by atoms with van der Waals surface area (Å²) in [6.45, 7) is 1.87. The lowest BCUT2D eigenvalue weighted by Gasteiger charge is -2.07. The first-order valence-corrected chi connectivity index (χ1v) is 5.78. The highest BCUT2D eigenvalue weighted by molar-refractivity contribution is 6.30. The van der Waals surface area contributed by atoms with E-state index in [4.69, 9.17) is 22.1 Å². The van der Waals surface area contributed by atoms with Crippen LogP contribution < -0.4 is 10.5 Å². The van der Waals surface area contributed by atoms with Gasteiger partial charge in [-0.05, 0) is 24.6 Å². The first-order valence-electron chi connectivity index (χ1n) is 5.40. The van der Waals surface area contributed by atoms with E-state index in [-0.39, 0.29) is 11.1 Å². The molecule has 0 saturated heterocycles. The Morgan fingerprint density at radius 2 is 2.11 bits per heavy atom. The van der Waals surface area contributed by atoms with Crippen molar-refractivity contribution < 1.29 is 9.13 Å². The Balaban J connectivity index is 2.15. The molecular weight excluding hydrogens is 255 g/mol. The summed E-state index contributed by atoms with van der Waals surface area (Å²) in [5, 5.41) is 0.0580. The summed E-state index contributed by atoms with van der Waals surface area (Å²) in [4.78, 5) is 4.09. The van der Waals surface area contributed by atoms with Gasteiger partial charge in [-0.1, -0.05) is 17.7 Å². The van der Waals surface area contributed by atoms with Gasteiger partial charge < -0.3 is 10.5 Å². The summed E-state index contributed by atoms with van der Waals surface area (Å²) in [6.07, 6.45) is 1.63. The normalized spacial score (nSPS) is 12.2. The van der Waals surface area contributed by atoms with Crippen molar-refractivity contribution in [3.05, 3.63) is 52.9 Å². The molecule has 0 saturated carbocycles. The molecule has 0 aliphatic carbocycles. The van der Waals surface area contributed by atoms with E-state index in [9.17, 15) is 4.39 Å². The third kappa shape index (κ3) is 2.97. The van der Waals surface area contributed by atoms with Gasteiger partial charge in [-0.15, -0.1) is 0 Å². The molecule has 0 fully saturated rings. The Morgan fingerprint density at radius 1 is 1.33 bits per heavy atom. The number of nitrogens with two attached hydrogens (primary N) is 1. The molecule has 1 atom stereocenters. The van der Waals surface area contributed by atoms with Crippen molar-refractivity contribution in [3.8, 4) is 11.6 Å². The lowest BCUT2D eigenvalue weighted by Crippen LogP contribution is -2.05. The topological polar surface area (TPSA) is 48.1 Å². The Morgan fingerprint density at radius 3 is 2.67 bits per heavy atom. The van der Waals surface area contributed by atoms with E-state index in [1.54, 1.807) is 18.3 Å². The van der Waals surface area contributed by atoms with E-state index < -0.39 is 5.82 Å². The Labute approximate surface area is 109 Å². The molecule has 1 heterocycles. The van der Waals surface area contributed by atoms with Crippen molar-refractivity contribution in [2.24, 2.45) is 5.73 Å². The van der Waals surface area contributed by atoms with E-state index in [0.29, 0.717) is 11.6 Å². The molecule has 0 aliphatic heterocycles. The van der Waals surface area contributed by atoms with Crippen molar-refractivity contribution in [2.75, 3.05) is 0 Å². The smallest absolute Gasteiger partial charge is 0.219 e. The molecule has 2 aromatic rings. The highest BCUT2D eigenvalue weighted by Crippen LogP contribution is 2.24. The Bertz CT molecular complexity index is 543. The summed E-state index contributed by atoms with van der Waals surface area (Å²) in [6, 6.07) is 7.64. The third-order valence-corrected chi connectivity index (χ3v) is 2.71. The van der Waals surface area contributed by atoms with Crippen LogP contribution >= 0.6 is 11.6 Å². The maximum Gasteiger partial charge on any atom is 0.219 e. The van der Waals surface area contributed by atoms with Crippen molar-refractivity contribution >= 4 is 11.6 Å². The number of rotatable bonds is 3. The minimum atomic E-state index is -0.527. The molecule has 18 heavy (non-hydrogen) atoms. The fourth-order valence-electron chi connectivity index (χ4n) is 1.38. The molecule has 0 bridgehead atoms. The Kier molecular flexibility index (Phi) is 3.79. The fourth-order valence-corrected chi connectivity index (χ4v) is 1.50. The zero-order chi connectivity index (χ0) is 13.1. The van der Waals surface area contributed by atoms with E-state index in [0.717, 1.165) is 5.56 Å². The highest BCUT2D eigenvalue weighted by Gasteiger charge is 2.05. The molecule has 0 spiro atoms. The van der Waals surface area contributed by atoms with Gasteiger partial charge in [-0.25, -0.2) is 9.37 Å². The van der Waals surface area contributed by atoms with Gasteiger partial charge in [0, 0.05) is 24.4 Å². The molecule has 5 heteroatoms. The summed E-state index contributed by atoms with van der Waals surface area (Å²) in [7, 11) is 0. The van der Waals surface area contributed by atoms with Gasteiger partial charge in [-0.3, -0.25) is 0 Å². The quantitative estimate of drug-likeness (QED) is 0.922. The number of benzene rings is 1. The largest absolute Gasteiger partial charge is 0.439 e. The van der Waals surface area contributed by atoms with Crippen molar-refractivity contribution in [1.29, 1.82) is 0 Å². The SMILES string of the molecule is C[C@@H](N)c1ccc(Oc2ccc(Cl)c(F)c2)nc1. The summed E-state index contributed by atoms with van der Waals surface area (Å²) in [5.41, 5.74) is 6.61. The van der Waals surface area contributed by atoms with Crippen LogP contribution in [0.4, 0.5) is 4.39 Å². The molecule has 0 unspecified atom stereocenters. The van der Waals surface area contributed by atoms with Gasteiger partial charge in [0.1, 0.15) is 11.6 Å². The zero-order valence-corrected chi connectivity index (χ0v) is 10.5. The average molecular weight is 267 g/mol. The number of halogens is 2. The average Bonchev–Trinajstić information content (AvgIpc) is 2.34. The van der Waals surface area contributed by atoms with Crippen LogP contribution in [0.3, 0.4) is 0 Å².